The van der Waals surface area contributed by atoms with Gasteiger partial charge in [-0.05, 0) is 23.9 Å². The van der Waals surface area contributed by atoms with Gasteiger partial charge in [-0.1, -0.05) is 29.6 Å². The Morgan fingerprint density at radius 2 is 1.80 bits per heavy atom. The number of rotatable bonds is 2. The van der Waals surface area contributed by atoms with Crippen LogP contribution in [0.5, 0.6) is 0 Å². The van der Waals surface area contributed by atoms with Crippen molar-refractivity contribution < 1.29 is 16.5 Å². The molecule has 0 bridgehead atoms. The van der Waals surface area contributed by atoms with Crippen LogP contribution in [0.15, 0.2) is 35.2 Å². The van der Waals surface area contributed by atoms with Gasteiger partial charge in [0.1, 0.15) is 0 Å². The summed E-state index contributed by atoms with van der Waals surface area (Å²) in [5.41, 5.74) is 0. The summed E-state index contributed by atoms with van der Waals surface area (Å²) in [4.78, 5) is 1.24. The molecule has 0 aliphatic rings. The van der Waals surface area contributed by atoms with Gasteiger partial charge in [-0.3, -0.25) is 0 Å². The van der Waals surface area contributed by atoms with Crippen molar-refractivity contribution in [2.45, 2.75) is 4.90 Å². The second-order valence-electron chi connectivity index (χ2n) is 1.48. The first kappa shape index (κ1) is 10.6. The Labute approximate surface area is 81.3 Å². The first-order valence-electron chi connectivity index (χ1n) is 2.48. The molecule has 1 aromatic carbocycles. The smallest absolute Gasteiger partial charge is 0.0482 e. The minimum atomic E-state index is 0. The molecule has 0 radical (unpaired) electrons. The Balaban J connectivity index is 0.000000810. The van der Waals surface area contributed by atoms with Crippen LogP contribution in [-0.4, -0.2) is 0 Å². The zero-order chi connectivity index (χ0) is 6.53. The van der Waals surface area contributed by atoms with Crippen LogP contribution in [0.2, 0.25) is 0 Å². The molecule has 0 aliphatic heterocycles. The van der Waals surface area contributed by atoms with Gasteiger partial charge in [0, 0.05) is 27.9 Å². The Kier molecular flexibility index (Phi) is 6.67. The molecule has 0 nitrogen and oxygen atoms in total. The van der Waals surface area contributed by atoms with Crippen LogP contribution in [-0.2, 0) is 28.3 Å². The third kappa shape index (κ3) is 3.68. The Morgan fingerprint density at radius 1 is 1.20 bits per heavy atom. The summed E-state index contributed by atoms with van der Waals surface area (Å²) in [6, 6.07) is 10.2. The topological polar surface area (TPSA) is 0 Å². The maximum atomic E-state index is 4.77. The van der Waals surface area contributed by atoms with Crippen LogP contribution >= 0.6 is 17.9 Å². The van der Waals surface area contributed by atoms with E-state index in [1.54, 1.807) is 11.4 Å². The SMILES string of the molecule is S=PSc1ccccc1.[Ni]. The molecule has 0 spiro atoms. The molecule has 1 aromatic rings. The molecule has 0 heterocycles. The standard InChI is InChI=1S/C6H5PS2.Ni/c8-7-9-6-4-2-1-3-5-6;/h1-5H;. The van der Waals surface area contributed by atoms with E-state index in [2.05, 4.69) is 12.1 Å². The first-order valence-corrected chi connectivity index (χ1v) is 5.81. The molecular formula is C6H5NiPS2. The second-order valence-corrected chi connectivity index (χ2v) is 4.62. The molecule has 56 valence electrons. The first-order chi connectivity index (χ1) is 4.43. The van der Waals surface area contributed by atoms with Crippen LogP contribution in [0.25, 0.3) is 0 Å². The third-order valence-corrected chi connectivity index (χ3v) is 2.97. The maximum Gasteiger partial charge on any atom is 0.0482 e. The number of benzene rings is 1. The van der Waals surface area contributed by atoms with E-state index < -0.39 is 0 Å². The van der Waals surface area contributed by atoms with Gasteiger partial charge in [-0.25, -0.2) is 0 Å². The number of hydrogen-bond acceptors (Lipinski definition) is 2. The average Bonchev–Trinajstić information content (AvgIpc) is 1.91. The Morgan fingerprint density at radius 3 is 2.30 bits per heavy atom. The van der Waals surface area contributed by atoms with Crippen LogP contribution in [0.4, 0.5) is 0 Å². The van der Waals surface area contributed by atoms with Crippen molar-refractivity contribution in [2.24, 2.45) is 0 Å². The van der Waals surface area contributed by atoms with Crippen molar-refractivity contribution in [1.29, 1.82) is 0 Å². The van der Waals surface area contributed by atoms with E-state index in [-0.39, 0.29) is 16.5 Å². The summed E-state index contributed by atoms with van der Waals surface area (Å²) in [5, 5.41) is 0. The minimum absolute atomic E-state index is 0. The molecule has 0 saturated heterocycles. The average molecular weight is 231 g/mol. The summed E-state index contributed by atoms with van der Waals surface area (Å²) in [7, 11) is 0. The third-order valence-electron chi connectivity index (χ3n) is 0.886. The fraction of sp³-hybridized carbons (Fsp3) is 0. The zero-order valence-electron chi connectivity index (χ0n) is 4.97. The molecule has 0 aliphatic carbocycles. The van der Waals surface area contributed by atoms with Crippen molar-refractivity contribution in [3.63, 3.8) is 0 Å². The molecule has 0 unspecified atom stereocenters. The van der Waals surface area contributed by atoms with E-state index >= 15 is 0 Å². The quantitative estimate of drug-likeness (QED) is 0.566. The minimum Gasteiger partial charge on any atom is -0.0622 e. The Hall–Kier alpha value is 0.584. The second kappa shape index (κ2) is 6.30. The van der Waals surface area contributed by atoms with Crippen molar-refractivity contribution in [3.05, 3.63) is 30.3 Å². The molecule has 10 heavy (non-hydrogen) atoms. The van der Waals surface area contributed by atoms with Crippen molar-refractivity contribution in [3.8, 4) is 0 Å². The molecule has 4 heteroatoms. The van der Waals surface area contributed by atoms with Crippen molar-refractivity contribution in [1.82, 2.24) is 0 Å². The molecule has 0 N–H and O–H groups in total. The fourth-order valence-corrected chi connectivity index (χ4v) is 2.29. The van der Waals surface area contributed by atoms with Crippen LogP contribution in [0, 0.1) is 0 Å². The van der Waals surface area contributed by atoms with Crippen LogP contribution in [0.3, 0.4) is 0 Å². The van der Waals surface area contributed by atoms with Crippen molar-refractivity contribution in [2.75, 3.05) is 0 Å². The Bertz CT molecular complexity index is 190. The van der Waals surface area contributed by atoms with Gasteiger partial charge in [-0.2, -0.15) is 0 Å². The molecule has 0 saturated carbocycles. The van der Waals surface area contributed by atoms with E-state index in [1.165, 1.54) is 4.90 Å². The van der Waals surface area contributed by atoms with Gasteiger partial charge < -0.3 is 0 Å². The van der Waals surface area contributed by atoms with Crippen LogP contribution < -0.4 is 0 Å². The molecular weight excluding hydrogens is 226 g/mol. The summed E-state index contributed by atoms with van der Waals surface area (Å²) >= 11 is 6.43. The molecule has 0 amide bonds. The fourth-order valence-electron chi connectivity index (χ4n) is 0.524. The summed E-state index contributed by atoms with van der Waals surface area (Å²) < 4.78 is 0. The van der Waals surface area contributed by atoms with Gasteiger partial charge in [0.2, 0.25) is 0 Å². The summed E-state index contributed by atoms with van der Waals surface area (Å²) in [5.74, 6) is 0. The van der Waals surface area contributed by atoms with Crippen molar-refractivity contribution >= 4 is 29.7 Å². The van der Waals surface area contributed by atoms with Gasteiger partial charge in [0.15, 0.2) is 0 Å². The maximum absolute atomic E-state index is 4.77. The normalized spacial score (nSPS) is 8.80. The van der Waals surface area contributed by atoms with Gasteiger partial charge >= 0.3 is 0 Å². The van der Waals surface area contributed by atoms with E-state index in [1.807, 2.05) is 18.2 Å². The molecule has 0 atom stereocenters. The summed E-state index contributed by atoms with van der Waals surface area (Å²) in [6.45, 7) is 0.945. The van der Waals surface area contributed by atoms with E-state index in [9.17, 15) is 0 Å². The zero-order valence-corrected chi connectivity index (χ0v) is 8.48. The van der Waals surface area contributed by atoms with Crippen LogP contribution in [0.1, 0.15) is 0 Å². The largest absolute Gasteiger partial charge is 0.0622 e. The summed E-state index contributed by atoms with van der Waals surface area (Å²) in [6.07, 6.45) is 0. The van der Waals surface area contributed by atoms with E-state index in [0.29, 0.717) is 0 Å². The van der Waals surface area contributed by atoms with Gasteiger partial charge in [-0.15, -0.1) is 0 Å². The van der Waals surface area contributed by atoms with Gasteiger partial charge in [0.25, 0.3) is 0 Å². The predicted octanol–water partition coefficient (Wildman–Crippen LogP) is 3.10. The van der Waals surface area contributed by atoms with E-state index in [0.717, 1.165) is 6.56 Å². The predicted molar refractivity (Wildman–Crippen MR) is 46.6 cm³/mol. The number of hydrogen-bond donors (Lipinski definition) is 0. The van der Waals surface area contributed by atoms with Gasteiger partial charge in [0.05, 0.1) is 0 Å². The van der Waals surface area contributed by atoms with E-state index in [4.69, 9.17) is 11.8 Å². The molecule has 1 rings (SSSR count). The molecule has 0 fully saturated rings. The monoisotopic (exact) mass is 230 g/mol. The molecule has 0 aromatic heterocycles.